The minimum absolute atomic E-state index is 0.0782. The van der Waals surface area contributed by atoms with E-state index in [1.54, 1.807) is 47.4 Å². The summed E-state index contributed by atoms with van der Waals surface area (Å²) in [6, 6.07) is 11.3. The SMILES string of the molecule is CC(=O)c1cccc(NC(=O)N[C@H]2CC(=O)N(c3ccc4c(c3)OCCO4)C2)c1. The lowest BCUT2D eigenvalue weighted by Gasteiger charge is -2.22. The van der Waals surface area contributed by atoms with Crippen LogP contribution in [0.25, 0.3) is 0 Å². The molecule has 0 radical (unpaired) electrons. The van der Waals surface area contributed by atoms with Crippen molar-refractivity contribution in [3.05, 3.63) is 48.0 Å². The molecule has 2 heterocycles. The van der Waals surface area contributed by atoms with E-state index in [0.717, 1.165) is 0 Å². The van der Waals surface area contributed by atoms with Crippen molar-refractivity contribution in [2.24, 2.45) is 0 Å². The number of ether oxygens (including phenoxy) is 2. The van der Waals surface area contributed by atoms with E-state index < -0.39 is 6.03 Å². The number of urea groups is 1. The molecule has 0 spiro atoms. The Morgan fingerprint density at radius 3 is 2.66 bits per heavy atom. The van der Waals surface area contributed by atoms with Gasteiger partial charge in [-0.25, -0.2) is 4.79 Å². The largest absolute Gasteiger partial charge is 0.486 e. The van der Waals surface area contributed by atoms with E-state index in [9.17, 15) is 14.4 Å². The lowest BCUT2D eigenvalue weighted by molar-refractivity contribution is -0.117. The molecule has 0 bridgehead atoms. The molecule has 2 aliphatic rings. The van der Waals surface area contributed by atoms with Gasteiger partial charge in [-0.3, -0.25) is 9.59 Å². The van der Waals surface area contributed by atoms with E-state index >= 15 is 0 Å². The number of hydrogen-bond acceptors (Lipinski definition) is 5. The average molecular weight is 395 g/mol. The van der Waals surface area contributed by atoms with E-state index in [0.29, 0.717) is 48.2 Å². The number of anilines is 2. The molecule has 1 fully saturated rings. The predicted octanol–water partition coefficient (Wildman–Crippen LogP) is 2.59. The number of carbonyl (C=O) groups is 3. The zero-order valence-corrected chi connectivity index (χ0v) is 15.9. The zero-order chi connectivity index (χ0) is 20.4. The molecule has 0 saturated carbocycles. The Morgan fingerprint density at radius 2 is 1.86 bits per heavy atom. The second kappa shape index (κ2) is 7.83. The van der Waals surface area contributed by atoms with E-state index in [1.165, 1.54) is 6.92 Å². The van der Waals surface area contributed by atoms with Crippen LogP contribution in [-0.4, -0.2) is 43.5 Å². The van der Waals surface area contributed by atoms with Crippen LogP contribution in [0.5, 0.6) is 11.5 Å². The summed E-state index contributed by atoms with van der Waals surface area (Å²) in [6.07, 6.45) is 0.204. The summed E-state index contributed by atoms with van der Waals surface area (Å²) in [5.74, 6) is 1.12. The highest BCUT2D eigenvalue weighted by atomic mass is 16.6. The van der Waals surface area contributed by atoms with Crippen molar-refractivity contribution in [2.45, 2.75) is 19.4 Å². The third kappa shape index (κ3) is 4.16. The standard InChI is InChI=1S/C21H21N3O5/c1-13(25)14-3-2-4-15(9-14)22-21(27)23-16-10-20(26)24(12-16)17-5-6-18-19(11-17)29-8-7-28-18/h2-6,9,11,16H,7-8,10,12H2,1H3,(H2,22,23,27)/t16-/m0/s1. The number of amides is 3. The number of carbonyl (C=O) groups excluding carboxylic acids is 3. The van der Waals surface area contributed by atoms with E-state index in [-0.39, 0.29) is 24.2 Å². The van der Waals surface area contributed by atoms with Gasteiger partial charge in [0.15, 0.2) is 17.3 Å². The molecule has 0 aromatic heterocycles. The van der Waals surface area contributed by atoms with Gasteiger partial charge in [-0.05, 0) is 31.2 Å². The van der Waals surface area contributed by atoms with Gasteiger partial charge in [-0.2, -0.15) is 0 Å². The number of nitrogens with one attached hydrogen (secondary N) is 2. The Morgan fingerprint density at radius 1 is 1.07 bits per heavy atom. The van der Waals surface area contributed by atoms with Gasteiger partial charge < -0.3 is 25.0 Å². The third-order valence-electron chi connectivity index (χ3n) is 4.82. The molecule has 29 heavy (non-hydrogen) atoms. The van der Waals surface area contributed by atoms with Crippen LogP contribution in [0.2, 0.25) is 0 Å². The molecule has 1 atom stereocenters. The van der Waals surface area contributed by atoms with Gasteiger partial charge in [-0.15, -0.1) is 0 Å². The molecule has 0 aliphatic carbocycles. The first-order valence-corrected chi connectivity index (χ1v) is 9.38. The van der Waals surface area contributed by atoms with Gasteiger partial charge in [0, 0.05) is 36.0 Å². The zero-order valence-electron chi connectivity index (χ0n) is 15.9. The maximum atomic E-state index is 12.5. The van der Waals surface area contributed by atoms with Crippen molar-refractivity contribution >= 4 is 29.1 Å². The van der Waals surface area contributed by atoms with Crippen LogP contribution in [0.15, 0.2) is 42.5 Å². The third-order valence-corrected chi connectivity index (χ3v) is 4.82. The van der Waals surface area contributed by atoms with Crippen molar-refractivity contribution in [1.29, 1.82) is 0 Å². The number of ketones is 1. The first-order chi connectivity index (χ1) is 14.0. The molecule has 3 amide bonds. The summed E-state index contributed by atoms with van der Waals surface area (Å²) in [6.45, 7) is 2.81. The highest BCUT2D eigenvalue weighted by Gasteiger charge is 2.32. The summed E-state index contributed by atoms with van der Waals surface area (Å²) < 4.78 is 11.1. The lowest BCUT2D eigenvalue weighted by atomic mass is 10.1. The van der Waals surface area contributed by atoms with Crippen molar-refractivity contribution in [3.63, 3.8) is 0 Å². The van der Waals surface area contributed by atoms with Gasteiger partial charge in [-0.1, -0.05) is 12.1 Å². The lowest BCUT2D eigenvalue weighted by Crippen LogP contribution is -2.39. The number of benzene rings is 2. The monoisotopic (exact) mass is 395 g/mol. The van der Waals surface area contributed by atoms with Crippen LogP contribution >= 0.6 is 0 Å². The average Bonchev–Trinajstić information content (AvgIpc) is 3.07. The van der Waals surface area contributed by atoms with Crippen LogP contribution in [0.3, 0.4) is 0 Å². The minimum atomic E-state index is -0.424. The van der Waals surface area contributed by atoms with Gasteiger partial charge in [0.25, 0.3) is 0 Å². The fourth-order valence-corrected chi connectivity index (χ4v) is 3.42. The number of rotatable bonds is 4. The second-order valence-electron chi connectivity index (χ2n) is 6.97. The molecule has 2 aromatic carbocycles. The molecular formula is C21H21N3O5. The van der Waals surface area contributed by atoms with Crippen LogP contribution in [0, 0.1) is 0 Å². The molecule has 8 nitrogen and oxygen atoms in total. The maximum absolute atomic E-state index is 12.5. The Bertz CT molecular complexity index is 975. The molecule has 2 N–H and O–H groups in total. The summed E-state index contributed by atoms with van der Waals surface area (Å²) in [5, 5.41) is 5.52. The van der Waals surface area contributed by atoms with Crippen LogP contribution in [0.4, 0.5) is 16.2 Å². The molecule has 1 saturated heterocycles. The Kier molecular flexibility index (Phi) is 5.07. The summed E-state index contributed by atoms with van der Waals surface area (Å²) in [5.41, 5.74) is 1.74. The highest BCUT2D eigenvalue weighted by molar-refractivity contribution is 5.99. The number of Topliss-reactive ketones (excluding diaryl/α,β-unsaturated/α-hetero) is 1. The molecule has 2 aromatic rings. The van der Waals surface area contributed by atoms with Crippen molar-refractivity contribution in [3.8, 4) is 11.5 Å². The van der Waals surface area contributed by atoms with Crippen molar-refractivity contribution in [1.82, 2.24) is 5.32 Å². The number of nitrogens with zero attached hydrogens (tertiary/aromatic N) is 1. The summed E-state index contributed by atoms with van der Waals surface area (Å²) in [4.78, 5) is 37.9. The quantitative estimate of drug-likeness (QED) is 0.776. The molecule has 4 rings (SSSR count). The van der Waals surface area contributed by atoms with Gasteiger partial charge in [0.1, 0.15) is 13.2 Å². The van der Waals surface area contributed by atoms with Crippen LogP contribution < -0.4 is 25.0 Å². The molecule has 150 valence electrons. The minimum Gasteiger partial charge on any atom is -0.486 e. The first kappa shape index (κ1) is 18.8. The number of hydrogen-bond donors (Lipinski definition) is 2. The van der Waals surface area contributed by atoms with Crippen LogP contribution in [-0.2, 0) is 4.79 Å². The van der Waals surface area contributed by atoms with Gasteiger partial charge >= 0.3 is 6.03 Å². The smallest absolute Gasteiger partial charge is 0.319 e. The van der Waals surface area contributed by atoms with Crippen LogP contribution in [0.1, 0.15) is 23.7 Å². The predicted molar refractivity (Wildman–Crippen MR) is 107 cm³/mol. The van der Waals surface area contributed by atoms with Gasteiger partial charge in [0.2, 0.25) is 5.91 Å². The Balaban J connectivity index is 1.39. The highest BCUT2D eigenvalue weighted by Crippen LogP contribution is 2.35. The van der Waals surface area contributed by atoms with E-state index in [4.69, 9.17) is 9.47 Å². The first-order valence-electron chi connectivity index (χ1n) is 9.38. The van der Waals surface area contributed by atoms with E-state index in [1.807, 2.05) is 0 Å². The molecule has 0 unspecified atom stereocenters. The van der Waals surface area contributed by atoms with Gasteiger partial charge in [0.05, 0.1) is 6.04 Å². The Labute approximate surface area is 167 Å². The van der Waals surface area contributed by atoms with Crippen molar-refractivity contribution in [2.75, 3.05) is 30.0 Å². The molecule has 2 aliphatic heterocycles. The van der Waals surface area contributed by atoms with E-state index in [2.05, 4.69) is 10.6 Å². The topological polar surface area (TPSA) is 97.0 Å². The maximum Gasteiger partial charge on any atom is 0.319 e. The normalized spacial score (nSPS) is 17.8. The molecule has 8 heteroatoms. The summed E-state index contributed by atoms with van der Waals surface area (Å²) in [7, 11) is 0. The fraction of sp³-hybridized carbons (Fsp3) is 0.286. The fourth-order valence-electron chi connectivity index (χ4n) is 3.42. The summed E-state index contributed by atoms with van der Waals surface area (Å²) >= 11 is 0. The second-order valence-corrected chi connectivity index (χ2v) is 6.97. The Hall–Kier alpha value is -3.55. The van der Waals surface area contributed by atoms with Crippen molar-refractivity contribution < 1.29 is 23.9 Å². The molecular weight excluding hydrogens is 374 g/mol. The number of fused-ring (bicyclic) bond motifs is 1.